The Bertz CT molecular complexity index is 374. The van der Waals surface area contributed by atoms with Crippen molar-refractivity contribution >= 4 is 11.6 Å². The van der Waals surface area contributed by atoms with Gasteiger partial charge in [-0.25, -0.2) is 0 Å². The van der Waals surface area contributed by atoms with Crippen molar-refractivity contribution in [2.75, 3.05) is 20.8 Å². The predicted molar refractivity (Wildman–Crippen MR) is 73.7 cm³/mol. The molecule has 18 heavy (non-hydrogen) atoms. The Morgan fingerprint density at radius 2 is 2.11 bits per heavy atom. The molecule has 0 amide bonds. The minimum atomic E-state index is 0.0568. The standard InChI is InChI=1S/C13H21ClN2O2/c1-9(8-17-2)6-12(16-15)10-4-5-11(14)13(7-10)18-3/h4-5,7,9,12,16H,6,8,15H2,1-3H3. The molecule has 5 heteroatoms. The van der Waals surface area contributed by atoms with Gasteiger partial charge in [0.25, 0.3) is 0 Å². The normalized spacial score (nSPS) is 14.3. The fourth-order valence-corrected chi connectivity index (χ4v) is 2.14. The maximum Gasteiger partial charge on any atom is 0.137 e. The molecule has 0 aromatic heterocycles. The van der Waals surface area contributed by atoms with E-state index in [0.29, 0.717) is 23.3 Å². The van der Waals surface area contributed by atoms with Gasteiger partial charge in [-0.05, 0) is 30.0 Å². The SMILES string of the molecule is COCC(C)CC(NN)c1ccc(Cl)c(OC)c1. The van der Waals surface area contributed by atoms with Crippen molar-refractivity contribution < 1.29 is 9.47 Å². The molecule has 0 aliphatic carbocycles. The summed E-state index contributed by atoms with van der Waals surface area (Å²) in [6.45, 7) is 2.84. The van der Waals surface area contributed by atoms with Gasteiger partial charge in [-0.15, -0.1) is 0 Å². The predicted octanol–water partition coefficient (Wildman–Crippen LogP) is 2.53. The molecular formula is C13H21ClN2O2. The average Bonchev–Trinajstić information content (AvgIpc) is 2.37. The maximum absolute atomic E-state index is 6.00. The highest BCUT2D eigenvalue weighted by atomic mass is 35.5. The second kappa shape index (κ2) is 7.59. The zero-order valence-corrected chi connectivity index (χ0v) is 11.8. The second-order valence-electron chi connectivity index (χ2n) is 4.41. The van der Waals surface area contributed by atoms with E-state index in [1.807, 2.05) is 18.2 Å². The fraction of sp³-hybridized carbons (Fsp3) is 0.538. The lowest BCUT2D eigenvalue weighted by Gasteiger charge is -2.21. The molecule has 0 heterocycles. The van der Waals surface area contributed by atoms with Crippen LogP contribution in [0.1, 0.15) is 24.9 Å². The van der Waals surface area contributed by atoms with Gasteiger partial charge in [-0.1, -0.05) is 24.6 Å². The van der Waals surface area contributed by atoms with E-state index in [1.54, 1.807) is 14.2 Å². The first-order valence-corrected chi connectivity index (χ1v) is 6.28. The summed E-state index contributed by atoms with van der Waals surface area (Å²) >= 11 is 6.00. The van der Waals surface area contributed by atoms with E-state index in [4.69, 9.17) is 26.9 Å². The Balaban J connectivity index is 2.81. The van der Waals surface area contributed by atoms with Crippen molar-refractivity contribution in [3.63, 3.8) is 0 Å². The highest BCUT2D eigenvalue weighted by Gasteiger charge is 2.15. The van der Waals surface area contributed by atoms with Crippen LogP contribution in [0.3, 0.4) is 0 Å². The topological polar surface area (TPSA) is 56.5 Å². The van der Waals surface area contributed by atoms with Gasteiger partial charge in [-0.3, -0.25) is 11.3 Å². The van der Waals surface area contributed by atoms with Crippen LogP contribution in [0.2, 0.25) is 5.02 Å². The first-order chi connectivity index (χ1) is 8.62. The number of nitrogens with two attached hydrogens (primary N) is 1. The van der Waals surface area contributed by atoms with E-state index in [9.17, 15) is 0 Å². The molecule has 1 aromatic rings. The van der Waals surface area contributed by atoms with E-state index in [0.717, 1.165) is 12.0 Å². The van der Waals surface area contributed by atoms with Crippen molar-refractivity contribution in [1.82, 2.24) is 5.43 Å². The third-order valence-electron chi connectivity index (χ3n) is 2.87. The van der Waals surface area contributed by atoms with E-state index >= 15 is 0 Å². The Labute approximate surface area is 113 Å². The number of rotatable bonds is 7. The van der Waals surface area contributed by atoms with E-state index in [2.05, 4.69) is 12.3 Å². The third-order valence-corrected chi connectivity index (χ3v) is 3.18. The highest BCUT2D eigenvalue weighted by Crippen LogP contribution is 2.29. The minimum Gasteiger partial charge on any atom is -0.495 e. The van der Waals surface area contributed by atoms with Gasteiger partial charge in [0, 0.05) is 19.8 Å². The summed E-state index contributed by atoms with van der Waals surface area (Å²) in [4.78, 5) is 0. The molecular weight excluding hydrogens is 252 g/mol. The number of halogens is 1. The number of benzene rings is 1. The summed E-state index contributed by atoms with van der Waals surface area (Å²) in [5.41, 5.74) is 3.88. The van der Waals surface area contributed by atoms with Gasteiger partial charge in [0.1, 0.15) is 5.75 Å². The number of hydrogen-bond acceptors (Lipinski definition) is 4. The number of hydrazine groups is 1. The maximum atomic E-state index is 6.00. The number of hydrogen-bond donors (Lipinski definition) is 2. The van der Waals surface area contributed by atoms with Crippen LogP contribution in [0, 0.1) is 5.92 Å². The first-order valence-electron chi connectivity index (χ1n) is 5.90. The van der Waals surface area contributed by atoms with Crippen LogP contribution < -0.4 is 16.0 Å². The van der Waals surface area contributed by atoms with Crippen LogP contribution in [-0.4, -0.2) is 20.8 Å². The monoisotopic (exact) mass is 272 g/mol. The van der Waals surface area contributed by atoms with Gasteiger partial charge >= 0.3 is 0 Å². The van der Waals surface area contributed by atoms with Crippen molar-refractivity contribution in [3.8, 4) is 5.75 Å². The molecule has 3 N–H and O–H groups in total. The molecule has 4 nitrogen and oxygen atoms in total. The summed E-state index contributed by atoms with van der Waals surface area (Å²) in [6.07, 6.45) is 0.884. The molecule has 0 saturated heterocycles. The number of nitrogens with one attached hydrogen (secondary N) is 1. The quantitative estimate of drug-likeness (QED) is 0.592. The lowest BCUT2D eigenvalue weighted by atomic mass is 9.96. The Kier molecular flexibility index (Phi) is 6.43. The largest absolute Gasteiger partial charge is 0.495 e. The second-order valence-corrected chi connectivity index (χ2v) is 4.82. The average molecular weight is 273 g/mol. The number of ether oxygens (including phenoxy) is 2. The Morgan fingerprint density at radius 1 is 1.39 bits per heavy atom. The molecule has 0 aliphatic rings. The van der Waals surface area contributed by atoms with Gasteiger partial charge in [-0.2, -0.15) is 0 Å². The van der Waals surface area contributed by atoms with Crippen molar-refractivity contribution in [3.05, 3.63) is 28.8 Å². The molecule has 0 bridgehead atoms. The third kappa shape index (κ3) is 4.14. The molecule has 0 aliphatic heterocycles. The fourth-order valence-electron chi connectivity index (χ4n) is 1.95. The highest BCUT2D eigenvalue weighted by molar-refractivity contribution is 6.32. The van der Waals surface area contributed by atoms with Gasteiger partial charge < -0.3 is 9.47 Å². The zero-order valence-electron chi connectivity index (χ0n) is 11.1. The smallest absolute Gasteiger partial charge is 0.137 e. The van der Waals surface area contributed by atoms with Crippen LogP contribution in [0.15, 0.2) is 18.2 Å². The van der Waals surface area contributed by atoms with Crippen LogP contribution in [0.25, 0.3) is 0 Å². The van der Waals surface area contributed by atoms with Crippen LogP contribution in [-0.2, 0) is 4.74 Å². The summed E-state index contributed by atoms with van der Waals surface area (Å²) in [7, 11) is 3.30. The molecule has 102 valence electrons. The summed E-state index contributed by atoms with van der Waals surface area (Å²) in [5.74, 6) is 6.69. The van der Waals surface area contributed by atoms with Gasteiger partial charge in [0.2, 0.25) is 0 Å². The number of methoxy groups -OCH3 is 2. The lowest BCUT2D eigenvalue weighted by Crippen LogP contribution is -2.30. The minimum absolute atomic E-state index is 0.0568. The Morgan fingerprint density at radius 3 is 2.67 bits per heavy atom. The molecule has 0 radical (unpaired) electrons. The summed E-state index contributed by atoms with van der Waals surface area (Å²) in [5, 5.41) is 0.599. The summed E-state index contributed by atoms with van der Waals surface area (Å²) < 4.78 is 10.3. The van der Waals surface area contributed by atoms with Crippen molar-refractivity contribution in [1.29, 1.82) is 0 Å². The first kappa shape index (κ1) is 15.2. The molecule has 2 unspecified atom stereocenters. The zero-order chi connectivity index (χ0) is 13.5. The van der Waals surface area contributed by atoms with Gasteiger partial charge in [0.05, 0.1) is 12.1 Å². The van der Waals surface area contributed by atoms with Crippen molar-refractivity contribution in [2.45, 2.75) is 19.4 Å². The van der Waals surface area contributed by atoms with Crippen LogP contribution in [0.5, 0.6) is 5.75 Å². The molecule has 0 saturated carbocycles. The molecule has 1 aromatic carbocycles. The van der Waals surface area contributed by atoms with Crippen molar-refractivity contribution in [2.24, 2.45) is 11.8 Å². The van der Waals surface area contributed by atoms with E-state index < -0.39 is 0 Å². The van der Waals surface area contributed by atoms with E-state index in [-0.39, 0.29) is 6.04 Å². The molecule has 2 atom stereocenters. The van der Waals surface area contributed by atoms with Crippen LogP contribution >= 0.6 is 11.6 Å². The van der Waals surface area contributed by atoms with Gasteiger partial charge in [0.15, 0.2) is 0 Å². The van der Waals surface area contributed by atoms with Crippen LogP contribution in [0.4, 0.5) is 0 Å². The molecule has 0 spiro atoms. The molecule has 1 rings (SSSR count). The summed E-state index contributed by atoms with van der Waals surface area (Å²) in [6, 6.07) is 5.74. The van der Waals surface area contributed by atoms with E-state index in [1.165, 1.54) is 0 Å². The lowest BCUT2D eigenvalue weighted by molar-refractivity contribution is 0.149. The molecule has 0 fully saturated rings. The Hall–Kier alpha value is -0.810.